The number of nitrogens with one attached hydrogen (secondary N) is 1. The first kappa shape index (κ1) is 14.9. The fraction of sp³-hybridized carbons (Fsp3) is 0.846. The van der Waals surface area contributed by atoms with Gasteiger partial charge in [-0.1, -0.05) is 6.92 Å². The van der Waals surface area contributed by atoms with Crippen LogP contribution >= 0.6 is 0 Å². The van der Waals surface area contributed by atoms with E-state index in [1.54, 1.807) is 0 Å². The lowest BCUT2D eigenvalue weighted by Gasteiger charge is -2.27. The standard InChI is InChI=1S/C13H21N3O4S/c1-2-12-14-15-13(20-12)6-9-3-4-10(5-9)16-21(17,18)11-7-19-8-11/h9-11,16H,2-8H2,1H3/t9-,10+/m1/s1. The van der Waals surface area contributed by atoms with Gasteiger partial charge in [-0.25, -0.2) is 13.1 Å². The van der Waals surface area contributed by atoms with Gasteiger partial charge in [0.15, 0.2) is 0 Å². The maximum absolute atomic E-state index is 12.0. The Morgan fingerprint density at radius 1 is 1.24 bits per heavy atom. The Kier molecular flexibility index (Phi) is 4.28. The summed E-state index contributed by atoms with van der Waals surface area (Å²) in [5, 5.41) is 7.61. The number of hydrogen-bond acceptors (Lipinski definition) is 6. The van der Waals surface area contributed by atoms with Crippen molar-refractivity contribution < 1.29 is 17.6 Å². The van der Waals surface area contributed by atoms with Crippen LogP contribution in [0.2, 0.25) is 0 Å². The Balaban J connectivity index is 1.51. The van der Waals surface area contributed by atoms with Gasteiger partial charge in [-0.3, -0.25) is 0 Å². The van der Waals surface area contributed by atoms with Crippen molar-refractivity contribution in [3.63, 3.8) is 0 Å². The zero-order chi connectivity index (χ0) is 14.9. The van der Waals surface area contributed by atoms with Crippen molar-refractivity contribution in [2.45, 2.75) is 50.3 Å². The third kappa shape index (κ3) is 3.44. The van der Waals surface area contributed by atoms with Crippen LogP contribution in [0.3, 0.4) is 0 Å². The van der Waals surface area contributed by atoms with Crippen LogP contribution in [0.25, 0.3) is 0 Å². The van der Waals surface area contributed by atoms with E-state index in [0.717, 1.165) is 32.1 Å². The van der Waals surface area contributed by atoms with Crippen LogP contribution in [0.1, 0.15) is 38.0 Å². The van der Waals surface area contributed by atoms with Crippen molar-refractivity contribution in [2.75, 3.05) is 13.2 Å². The number of rotatable bonds is 6. The molecule has 1 saturated carbocycles. The first-order valence-electron chi connectivity index (χ1n) is 7.47. The molecule has 1 aliphatic carbocycles. The first-order valence-corrected chi connectivity index (χ1v) is 9.01. The maximum Gasteiger partial charge on any atom is 0.219 e. The first-order chi connectivity index (χ1) is 10.1. The quantitative estimate of drug-likeness (QED) is 0.829. The number of hydrogen-bond donors (Lipinski definition) is 1. The number of ether oxygens (including phenoxy) is 1. The molecular weight excluding hydrogens is 294 g/mol. The summed E-state index contributed by atoms with van der Waals surface area (Å²) in [6.45, 7) is 2.60. The van der Waals surface area contributed by atoms with Crippen LogP contribution in [0, 0.1) is 5.92 Å². The summed E-state index contributed by atoms with van der Waals surface area (Å²) in [6.07, 6.45) is 4.16. The maximum atomic E-state index is 12.0. The van der Waals surface area contributed by atoms with Crippen molar-refractivity contribution in [3.8, 4) is 0 Å². The molecule has 0 unspecified atom stereocenters. The third-order valence-electron chi connectivity index (χ3n) is 4.19. The predicted molar refractivity (Wildman–Crippen MR) is 75.2 cm³/mol. The Morgan fingerprint density at radius 3 is 2.62 bits per heavy atom. The zero-order valence-electron chi connectivity index (χ0n) is 12.1. The smallest absolute Gasteiger partial charge is 0.219 e. The minimum atomic E-state index is -3.23. The van der Waals surface area contributed by atoms with Crippen molar-refractivity contribution in [1.82, 2.24) is 14.9 Å². The highest BCUT2D eigenvalue weighted by atomic mass is 32.2. The van der Waals surface area contributed by atoms with Crippen molar-refractivity contribution in [1.29, 1.82) is 0 Å². The summed E-state index contributed by atoms with van der Waals surface area (Å²) in [5.41, 5.74) is 0. The van der Waals surface area contributed by atoms with Gasteiger partial charge < -0.3 is 9.15 Å². The van der Waals surface area contributed by atoms with Crippen LogP contribution < -0.4 is 4.72 Å². The molecule has 0 spiro atoms. The second-order valence-electron chi connectivity index (χ2n) is 5.85. The van der Waals surface area contributed by atoms with Crippen LogP contribution in [-0.4, -0.2) is 43.1 Å². The largest absolute Gasteiger partial charge is 0.425 e. The molecule has 21 heavy (non-hydrogen) atoms. The predicted octanol–water partition coefficient (Wildman–Crippen LogP) is 0.661. The van der Waals surface area contributed by atoms with E-state index in [1.165, 1.54) is 0 Å². The fourth-order valence-corrected chi connectivity index (χ4v) is 4.27. The van der Waals surface area contributed by atoms with E-state index in [-0.39, 0.29) is 11.3 Å². The molecule has 0 radical (unpaired) electrons. The molecule has 1 aromatic heterocycles. The van der Waals surface area contributed by atoms with Gasteiger partial charge in [-0.15, -0.1) is 10.2 Å². The Labute approximate surface area is 124 Å². The molecule has 0 aromatic carbocycles. The van der Waals surface area contributed by atoms with Crippen molar-refractivity contribution >= 4 is 10.0 Å². The van der Waals surface area contributed by atoms with Crippen molar-refractivity contribution in [3.05, 3.63) is 11.8 Å². The zero-order valence-corrected chi connectivity index (χ0v) is 12.9. The molecule has 1 aliphatic heterocycles. The van der Waals surface area contributed by atoms with Gasteiger partial charge in [0.1, 0.15) is 5.25 Å². The van der Waals surface area contributed by atoms with E-state index >= 15 is 0 Å². The fourth-order valence-electron chi connectivity index (χ4n) is 2.85. The van der Waals surface area contributed by atoms with E-state index in [9.17, 15) is 8.42 Å². The Bertz CT molecular complexity index is 582. The van der Waals surface area contributed by atoms with Gasteiger partial charge in [-0.05, 0) is 25.2 Å². The molecule has 7 nitrogen and oxygen atoms in total. The lowest BCUT2D eigenvalue weighted by atomic mass is 10.0. The number of aryl methyl sites for hydroxylation is 1. The van der Waals surface area contributed by atoms with E-state index < -0.39 is 10.0 Å². The second kappa shape index (κ2) is 6.02. The number of nitrogens with zero attached hydrogens (tertiary/aromatic N) is 2. The second-order valence-corrected chi connectivity index (χ2v) is 7.84. The molecular formula is C13H21N3O4S. The number of sulfonamides is 1. The van der Waals surface area contributed by atoms with E-state index in [2.05, 4.69) is 14.9 Å². The van der Waals surface area contributed by atoms with Crippen LogP contribution in [0.15, 0.2) is 4.42 Å². The summed E-state index contributed by atoms with van der Waals surface area (Å²) in [5.74, 6) is 1.72. The Morgan fingerprint density at radius 2 is 2.00 bits per heavy atom. The molecule has 3 rings (SSSR count). The minimum Gasteiger partial charge on any atom is -0.425 e. The van der Waals surface area contributed by atoms with E-state index in [4.69, 9.17) is 9.15 Å². The molecule has 2 atom stereocenters. The molecule has 2 aliphatic rings. The van der Waals surface area contributed by atoms with Gasteiger partial charge in [-0.2, -0.15) is 0 Å². The van der Waals surface area contributed by atoms with E-state index in [1.807, 2.05) is 6.92 Å². The lowest BCUT2D eigenvalue weighted by molar-refractivity contribution is 0.0410. The number of aromatic nitrogens is 2. The molecule has 1 N–H and O–H groups in total. The Hall–Kier alpha value is -0.990. The molecule has 8 heteroatoms. The topological polar surface area (TPSA) is 94.3 Å². The van der Waals surface area contributed by atoms with E-state index in [0.29, 0.717) is 30.9 Å². The highest BCUT2D eigenvalue weighted by Gasteiger charge is 2.36. The molecule has 1 aromatic rings. The highest BCUT2D eigenvalue weighted by molar-refractivity contribution is 7.90. The molecule has 0 bridgehead atoms. The van der Waals surface area contributed by atoms with Gasteiger partial charge >= 0.3 is 0 Å². The van der Waals surface area contributed by atoms with Gasteiger partial charge in [0, 0.05) is 18.9 Å². The monoisotopic (exact) mass is 315 g/mol. The van der Waals surface area contributed by atoms with Gasteiger partial charge in [0.2, 0.25) is 21.8 Å². The van der Waals surface area contributed by atoms with Crippen LogP contribution in [0.5, 0.6) is 0 Å². The van der Waals surface area contributed by atoms with Crippen LogP contribution in [0.4, 0.5) is 0 Å². The molecule has 118 valence electrons. The van der Waals surface area contributed by atoms with Crippen LogP contribution in [-0.2, 0) is 27.6 Å². The average molecular weight is 315 g/mol. The summed E-state index contributed by atoms with van der Waals surface area (Å²) in [6, 6.07) is 0.0224. The molecule has 2 fully saturated rings. The average Bonchev–Trinajstić information content (AvgIpc) is 2.96. The minimum absolute atomic E-state index is 0.0224. The third-order valence-corrected chi connectivity index (χ3v) is 6.00. The summed E-state index contributed by atoms with van der Waals surface area (Å²) in [4.78, 5) is 0. The normalized spacial score (nSPS) is 26.9. The summed E-state index contributed by atoms with van der Waals surface area (Å²) < 4.78 is 37.4. The molecule has 0 amide bonds. The van der Waals surface area contributed by atoms with Gasteiger partial charge in [0.25, 0.3) is 0 Å². The summed E-state index contributed by atoms with van der Waals surface area (Å²) in [7, 11) is -3.23. The summed E-state index contributed by atoms with van der Waals surface area (Å²) >= 11 is 0. The molecule has 2 heterocycles. The SMILES string of the molecule is CCc1nnc(C[C@@H]2CC[C@H](NS(=O)(=O)C3COC3)C2)o1. The molecule has 1 saturated heterocycles. The van der Waals surface area contributed by atoms with Gasteiger partial charge in [0.05, 0.1) is 13.2 Å². The highest BCUT2D eigenvalue weighted by Crippen LogP contribution is 2.29. The lowest BCUT2D eigenvalue weighted by Crippen LogP contribution is -2.49. The van der Waals surface area contributed by atoms with Crippen molar-refractivity contribution in [2.24, 2.45) is 5.92 Å².